The Morgan fingerprint density at radius 1 is 1.17 bits per heavy atom. The van der Waals surface area contributed by atoms with Crippen LogP contribution in [0.5, 0.6) is 0 Å². The number of methoxy groups -OCH3 is 1. The van der Waals surface area contributed by atoms with Gasteiger partial charge in [0.15, 0.2) is 0 Å². The van der Waals surface area contributed by atoms with Crippen molar-refractivity contribution in [2.24, 2.45) is 0 Å². The second-order valence-corrected chi connectivity index (χ2v) is 15.9. The van der Waals surface area contributed by atoms with Gasteiger partial charge < -0.3 is 0 Å². The molecule has 1 amide bonds. The van der Waals surface area contributed by atoms with Crippen molar-refractivity contribution in [1.82, 2.24) is 4.90 Å². The molecule has 0 saturated carbocycles. The van der Waals surface area contributed by atoms with Gasteiger partial charge >= 0.3 is 181 Å². The molecule has 30 heavy (non-hydrogen) atoms. The zero-order valence-electron chi connectivity index (χ0n) is 16.7. The summed E-state index contributed by atoms with van der Waals surface area (Å²) in [5.74, 6) is -1.31. The van der Waals surface area contributed by atoms with Gasteiger partial charge in [0, 0.05) is 0 Å². The standard InChI is InChI=1S/C21H23AsF2NO4S/c1-29-21(26)25-8-4-7-19(22-30(2,27)28)20(25)10-14-5-3-6-15(9-14)16-11-17(23)13-18(24)12-16/h3,5-6,9,11-13,19-20H,4,7-8,10H2,1-2H3. The van der Waals surface area contributed by atoms with Gasteiger partial charge in [-0.2, -0.15) is 0 Å². The Kier molecular flexibility index (Phi) is 7.19. The van der Waals surface area contributed by atoms with E-state index in [1.165, 1.54) is 25.5 Å². The Hall–Kier alpha value is -1.92. The van der Waals surface area contributed by atoms with E-state index in [0.29, 0.717) is 24.1 Å². The number of halogens is 2. The Balaban J connectivity index is 1.92. The third-order valence-corrected chi connectivity index (χ3v) is 11.1. The Morgan fingerprint density at radius 2 is 1.87 bits per heavy atom. The number of hydrogen-bond acceptors (Lipinski definition) is 4. The monoisotopic (exact) mass is 498 g/mol. The van der Waals surface area contributed by atoms with Crippen molar-refractivity contribution >= 4 is 28.8 Å². The number of piperidine rings is 1. The summed E-state index contributed by atoms with van der Waals surface area (Å²) in [6.07, 6.45) is 2.67. The van der Waals surface area contributed by atoms with Gasteiger partial charge in [-0.1, -0.05) is 0 Å². The molecule has 9 heteroatoms. The average molecular weight is 498 g/mol. The molecule has 2 aromatic rings. The molecule has 0 spiro atoms. The van der Waals surface area contributed by atoms with Crippen LogP contribution in [0.1, 0.15) is 18.4 Å². The fourth-order valence-corrected chi connectivity index (χ4v) is 10.2. The quantitative estimate of drug-likeness (QED) is 0.588. The van der Waals surface area contributed by atoms with Crippen molar-refractivity contribution in [3.8, 4) is 11.1 Å². The fourth-order valence-electron chi connectivity index (χ4n) is 3.84. The number of likely N-dealkylation sites (tertiary alicyclic amines) is 1. The van der Waals surface area contributed by atoms with Crippen molar-refractivity contribution < 1.29 is 26.7 Å². The van der Waals surface area contributed by atoms with Gasteiger partial charge in [-0.05, 0) is 0 Å². The summed E-state index contributed by atoms with van der Waals surface area (Å²) in [5.41, 5.74) is 1.93. The van der Waals surface area contributed by atoms with Gasteiger partial charge in [0.1, 0.15) is 0 Å². The van der Waals surface area contributed by atoms with E-state index in [9.17, 15) is 22.0 Å². The third kappa shape index (κ3) is 5.82. The van der Waals surface area contributed by atoms with Crippen LogP contribution in [-0.2, 0) is 19.3 Å². The molecular formula is C21H23AsF2NO4S. The number of rotatable bonds is 5. The van der Waals surface area contributed by atoms with Gasteiger partial charge in [0.2, 0.25) is 0 Å². The first-order valence-electron chi connectivity index (χ1n) is 9.48. The molecule has 161 valence electrons. The summed E-state index contributed by atoms with van der Waals surface area (Å²) in [6, 6.07) is 10.3. The first-order valence-corrected chi connectivity index (χ1v) is 14.7. The van der Waals surface area contributed by atoms with E-state index < -0.39 is 40.4 Å². The molecule has 1 aliphatic heterocycles. The number of carbonyl (C=O) groups is 1. The molecular weight excluding hydrogens is 475 g/mol. The number of ether oxygens (including phenoxy) is 1. The SMILES string of the molecule is COC(=O)N1CCCC([As]S(C)(=O)=O)C1Cc1cccc(-c2cc(F)cc(F)c2)c1. The Bertz CT molecular complexity index is 1010. The van der Waals surface area contributed by atoms with Crippen LogP contribution in [0, 0.1) is 11.6 Å². The minimum absolute atomic E-state index is 0.126. The van der Waals surface area contributed by atoms with Gasteiger partial charge in [-0.3, -0.25) is 0 Å². The normalized spacial score (nSPS) is 19.9. The summed E-state index contributed by atoms with van der Waals surface area (Å²) in [7, 11) is -1.82. The van der Waals surface area contributed by atoms with Crippen LogP contribution >= 0.6 is 0 Å². The Morgan fingerprint density at radius 3 is 2.50 bits per heavy atom. The van der Waals surface area contributed by atoms with Crippen LogP contribution in [0.3, 0.4) is 0 Å². The predicted octanol–water partition coefficient (Wildman–Crippen LogP) is 3.86. The molecule has 1 aliphatic rings. The van der Waals surface area contributed by atoms with E-state index in [4.69, 9.17) is 4.74 Å². The summed E-state index contributed by atoms with van der Waals surface area (Å²) in [4.78, 5) is 13.9. The van der Waals surface area contributed by atoms with E-state index in [1.54, 1.807) is 17.0 Å². The molecule has 2 aromatic carbocycles. The van der Waals surface area contributed by atoms with E-state index in [1.807, 2.05) is 12.1 Å². The van der Waals surface area contributed by atoms with Crippen LogP contribution in [0.4, 0.5) is 13.6 Å². The van der Waals surface area contributed by atoms with Crippen LogP contribution in [0.15, 0.2) is 42.5 Å². The van der Waals surface area contributed by atoms with Crippen LogP contribution < -0.4 is 0 Å². The molecule has 1 radical (unpaired) electrons. The van der Waals surface area contributed by atoms with Crippen molar-refractivity contribution in [1.29, 1.82) is 0 Å². The van der Waals surface area contributed by atoms with Gasteiger partial charge in [-0.25, -0.2) is 0 Å². The maximum absolute atomic E-state index is 13.6. The predicted molar refractivity (Wildman–Crippen MR) is 112 cm³/mol. The molecule has 0 bridgehead atoms. The second kappa shape index (κ2) is 9.48. The van der Waals surface area contributed by atoms with E-state index in [2.05, 4.69) is 0 Å². The molecule has 0 aromatic heterocycles. The van der Waals surface area contributed by atoms with E-state index >= 15 is 0 Å². The van der Waals surface area contributed by atoms with Gasteiger partial charge in [0.05, 0.1) is 0 Å². The molecule has 2 atom stereocenters. The fraction of sp³-hybridized carbons (Fsp3) is 0.381. The average Bonchev–Trinajstić information content (AvgIpc) is 2.67. The molecule has 1 saturated heterocycles. The molecule has 3 rings (SSSR count). The minimum atomic E-state index is -3.13. The second-order valence-electron chi connectivity index (χ2n) is 7.34. The Labute approximate surface area is 181 Å². The first kappa shape index (κ1) is 22.8. The van der Waals surface area contributed by atoms with Crippen molar-refractivity contribution in [3.63, 3.8) is 0 Å². The number of nitrogens with zero attached hydrogens (tertiary/aromatic N) is 1. The van der Waals surface area contributed by atoms with Crippen molar-refractivity contribution in [2.75, 3.05) is 19.9 Å². The van der Waals surface area contributed by atoms with Crippen LogP contribution in [0.25, 0.3) is 11.1 Å². The van der Waals surface area contributed by atoms with Gasteiger partial charge in [-0.15, -0.1) is 0 Å². The topological polar surface area (TPSA) is 63.7 Å². The van der Waals surface area contributed by atoms with E-state index in [0.717, 1.165) is 24.5 Å². The first-order chi connectivity index (χ1) is 14.2. The zero-order chi connectivity index (χ0) is 21.9. The summed E-state index contributed by atoms with van der Waals surface area (Å²) in [5, 5.41) is 0. The van der Waals surface area contributed by atoms with E-state index in [-0.39, 0.29) is 10.7 Å². The number of amides is 1. The number of carbonyl (C=O) groups excluding carboxylic acids is 1. The summed E-state index contributed by atoms with van der Waals surface area (Å²) >= 11 is -1.00. The van der Waals surface area contributed by atoms with Crippen molar-refractivity contribution in [3.05, 3.63) is 59.7 Å². The molecule has 0 N–H and O–H groups in total. The molecule has 1 heterocycles. The zero-order valence-corrected chi connectivity index (χ0v) is 19.4. The number of benzene rings is 2. The molecule has 5 nitrogen and oxygen atoms in total. The molecule has 2 unspecified atom stereocenters. The molecule has 1 fully saturated rings. The van der Waals surface area contributed by atoms with Crippen molar-refractivity contribution in [2.45, 2.75) is 30.0 Å². The van der Waals surface area contributed by atoms with Crippen LogP contribution in [-0.4, -0.2) is 60.0 Å². The maximum atomic E-state index is 13.6. The summed E-state index contributed by atoms with van der Waals surface area (Å²) in [6.45, 7) is 0.507. The summed E-state index contributed by atoms with van der Waals surface area (Å²) < 4.78 is 56.0. The number of hydrogen-bond donors (Lipinski definition) is 0. The van der Waals surface area contributed by atoms with Gasteiger partial charge in [0.25, 0.3) is 0 Å². The third-order valence-electron chi connectivity index (χ3n) is 5.05. The molecule has 0 aliphatic carbocycles. The van der Waals surface area contributed by atoms with Crippen LogP contribution in [0.2, 0.25) is 4.71 Å².